The molecule has 0 aliphatic carbocycles. The van der Waals surface area contributed by atoms with Crippen LogP contribution in [0.2, 0.25) is 0 Å². The standard InChI is InChI=1S/C12H21ClN2O3S/c1-9-11(8-13)12(10(2)18-9)19(16,17)15(5)7-6-14(3)4/h6-8H2,1-5H3. The van der Waals surface area contributed by atoms with Crippen molar-refractivity contribution in [2.45, 2.75) is 24.6 Å². The van der Waals surface area contributed by atoms with Gasteiger partial charge in [0.2, 0.25) is 10.0 Å². The van der Waals surface area contributed by atoms with Crippen molar-refractivity contribution in [3.05, 3.63) is 17.1 Å². The molecule has 0 saturated heterocycles. The molecule has 0 saturated carbocycles. The Labute approximate surface area is 120 Å². The Bertz CT molecular complexity index is 537. The largest absolute Gasteiger partial charge is 0.465 e. The van der Waals surface area contributed by atoms with E-state index in [0.29, 0.717) is 30.2 Å². The van der Waals surface area contributed by atoms with E-state index in [-0.39, 0.29) is 10.8 Å². The molecule has 0 aliphatic rings. The Balaban J connectivity index is 3.13. The van der Waals surface area contributed by atoms with Crippen molar-refractivity contribution in [2.75, 3.05) is 34.2 Å². The van der Waals surface area contributed by atoms with Gasteiger partial charge in [-0.3, -0.25) is 0 Å². The highest BCUT2D eigenvalue weighted by Crippen LogP contribution is 2.29. The summed E-state index contributed by atoms with van der Waals surface area (Å²) in [6.07, 6.45) is 0. The molecule has 0 bridgehead atoms. The number of furan rings is 1. The molecule has 110 valence electrons. The van der Waals surface area contributed by atoms with Crippen molar-refractivity contribution in [2.24, 2.45) is 0 Å². The number of sulfonamides is 1. The van der Waals surface area contributed by atoms with E-state index >= 15 is 0 Å². The lowest BCUT2D eigenvalue weighted by molar-refractivity contribution is 0.358. The van der Waals surface area contributed by atoms with Crippen LogP contribution in [0.1, 0.15) is 17.1 Å². The Morgan fingerprint density at radius 1 is 1.11 bits per heavy atom. The van der Waals surface area contributed by atoms with Crippen molar-refractivity contribution < 1.29 is 12.8 Å². The number of aryl methyl sites for hydroxylation is 2. The maximum atomic E-state index is 12.5. The van der Waals surface area contributed by atoms with E-state index in [1.54, 1.807) is 20.9 Å². The number of alkyl halides is 1. The average molecular weight is 309 g/mol. The van der Waals surface area contributed by atoms with Crippen molar-refractivity contribution in [1.29, 1.82) is 0 Å². The second-order valence-corrected chi connectivity index (χ2v) is 7.03. The van der Waals surface area contributed by atoms with E-state index in [1.165, 1.54) is 4.31 Å². The number of likely N-dealkylation sites (N-methyl/N-ethyl adjacent to an activating group) is 2. The quantitative estimate of drug-likeness (QED) is 0.752. The normalized spacial score (nSPS) is 12.6. The summed E-state index contributed by atoms with van der Waals surface area (Å²) in [5.74, 6) is 1.08. The van der Waals surface area contributed by atoms with Gasteiger partial charge in [0.25, 0.3) is 0 Å². The summed E-state index contributed by atoms with van der Waals surface area (Å²) in [7, 11) is 1.81. The second kappa shape index (κ2) is 6.26. The Kier molecular flexibility index (Phi) is 5.43. The van der Waals surface area contributed by atoms with E-state index in [2.05, 4.69) is 0 Å². The first-order valence-corrected chi connectivity index (χ1v) is 7.95. The molecule has 0 unspecified atom stereocenters. The van der Waals surface area contributed by atoms with E-state index in [4.69, 9.17) is 16.0 Å². The number of halogens is 1. The molecule has 1 rings (SSSR count). The molecule has 1 aromatic heterocycles. The fourth-order valence-electron chi connectivity index (χ4n) is 1.82. The van der Waals surface area contributed by atoms with Gasteiger partial charge in [0.05, 0.1) is 5.88 Å². The minimum absolute atomic E-state index is 0.124. The second-order valence-electron chi connectivity index (χ2n) is 4.79. The van der Waals surface area contributed by atoms with Crippen LogP contribution in [0, 0.1) is 13.8 Å². The van der Waals surface area contributed by atoms with Crippen LogP contribution in [0.4, 0.5) is 0 Å². The molecule has 0 N–H and O–H groups in total. The Hall–Kier alpha value is -0.560. The lowest BCUT2D eigenvalue weighted by Crippen LogP contribution is -2.34. The maximum absolute atomic E-state index is 12.5. The van der Waals surface area contributed by atoms with E-state index in [1.807, 2.05) is 19.0 Å². The third-order valence-electron chi connectivity index (χ3n) is 2.99. The van der Waals surface area contributed by atoms with Gasteiger partial charge < -0.3 is 9.32 Å². The monoisotopic (exact) mass is 308 g/mol. The predicted octanol–water partition coefficient (Wildman–Crippen LogP) is 1.82. The van der Waals surface area contributed by atoms with Gasteiger partial charge in [0, 0.05) is 25.7 Å². The highest BCUT2D eigenvalue weighted by atomic mass is 35.5. The van der Waals surface area contributed by atoms with Gasteiger partial charge in [-0.05, 0) is 27.9 Å². The molecule has 0 amide bonds. The van der Waals surface area contributed by atoms with E-state index in [0.717, 1.165) is 0 Å². The van der Waals surface area contributed by atoms with Crippen molar-refractivity contribution in [3.63, 3.8) is 0 Å². The molecule has 0 atom stereocenters. The number of hydrogen-bond acceptors (Lipinski definition) is 4. The molecule has 1 aromatic rings. The van der Waals surface area contributed by atoms with Gasteiger partial charge in [-0.25, -0.2) is 8.42 Å². The van der Waals surface area contributed by atoms with E-state index in [9.17, 15) is 8.42 Å². The third kappa shape index (κ3) is 3.51. The Morgan fingerprint density at radius 2 is 1.68 bits per heavy atom. The molecular formula is C12H21ClN2O3S. The van der Waals surface area contributed by atoms with Crippen LogP contribution in [0.25, 0.3) is 0 Å². The fourth-order valence-corrected chi connectivity index (χ4v) is 3.79. The SMILES string of the molecule is Cc1oc(C)c(S(=O)(=O)N(C)CCN(C)C)c1CCl. The number of nitrogens with zero attached hydrogens (tertiary/aromatic N) is 2. The molecule has 0 radical (unpaired) electrons. The summed E-state index contributed by atoms with van der Waals surface area (Å²) in [6.45, 7) is 4.45. The molecule has 0 aliphatic heterocycles. The smallest absolute Gasteiger partial charge is 0.246 e. The molecule has 7 heteroatoms. The fraction of sp³-hybridized carbons (Fsp3) is 0.667. The van der Waals surface area contributed by atoms with Crippen LogP contribution in [0.5, 0.6) is 0 Å². The molecule has 0 spiro atoms. The summed E-state index contributed by atoms with van der Waals surface area (Å²) < 4.78 is 31.8. The molecule has 19 heavy (non-hydrogen) atoms. The van der Waals surface area contributed by atoms with Crippen LogP contribution in [0.15, 0.2) is 9.31 Å². The predicted molar refractivity (Wildman–Crippen MR) is 76.1 cm³/mol. The summed E-state index contributed by atoms with van der Waals surface area (Å²) >= 11 is 5.84. The number of hydrogen-bond donors (Lipinski definition) is 0. The van der Waals surface area contributed by atoms with Gasteiger partial charge in [0.15, 0.2) is 0 Å². The highest BCUT2D eigenvalue weighted by molar-refractivity contribution is 7.89. The van der Waals surface area contributed by atoms with Gasteiger partial charge in [-0.15, -0.1) is 11.6 Å². The van der Waals surface area contributed by atoms with Crippen molar-refractivity contribution in [1.82, 2.24) is 9.21 Å². The minimum Gasteiger partial charge on any atom is -0.465 e. The molecular weight excluding hydrogens is 288 g/mol. The zero-order valence-electron chi connectivity index (χ0n) is 12.0. The molecule has 1 heterocycles. The van der Waals surface area contributed by atoms with Crippen molar-refractivity contribution >= 4 is 21.6 Å². The van der Waals surface area contributed by atoms with Crippen LogP contribution in [0.3, 0.4) is 0 Å². The third-order valence-corrected chi connectivity index (χ3v) is 5.31. The highest BCUT2D eigenvalue weighted by Gasteiger charge is 2.29. The number of rotatable bonds is 6. The Morgan fingerprint density at radius 3 is 2.16 bits per heavy atom. The topological polar surface area (TPSA) is 53.8 Å². The van der Waals surface area contributed by atoms with Crippen LogP contribution in [-0.4, -0.2) is 51.9 Å². The van der Waals surface area contributed by atoms with E-state index < -0.39 is 10.0 Å². The van der Waals surface area contributed by atoms with Crippen LogP contribution >= 0.6 is 11.6 Å². The first kappa shape index (κ1) is 16.5. The van der Waals surface area contributed by atoms with Gasteiger partial charge >= 0.3 is 0 Å². The maximum Gasteiger partial charge on any atom is 0.246 e. The van der Waals surface area contributed by atoms with Gasteiger partial charge in [-0.2, -0.15) is 4.31 Å². The van der Waals surface area contributed by atoms with Gasteiger partial charge in [0.1, 0.15) is 16.4 Å². The lowest BCUT2D eigenvalue weighted by Gasteiger charge is -2.19. The summed E-state index contributed by atoms with van der Waals surface area (Å²) in [4.78, 5) is 2.14. The first-order chi connectivity index (χ1) is 8.71. The zero-order valence-corrected chi connectivity index (χ0v) is 13.6. The zero-order chi connectivity index (χ0) is 14.8. The van der Waals surface area contributed by atoms with Crippen molar-refractivity contribution in [3.8, 4) is 0 Å². The lowest BCUT2D eigenvalue weighted by atomic mass is 10.3. The minimum atomic E-state index is -3.56. The van der Waals surface area contributed by atoms with Crippen LogP contribution in [-0.2, 0) is 15.9 Å². The summed E-state index contributed by atoms with van der Waals surface area (Å²) in [5, 5.41) is 0. The molecule has 0 fully saturated rings. The summed E-state index contributed by atoms with van der Waals surface area (Å²) in [5.41, 5.74) is 0.552. The molecule has 5 nitrogen and oxygen atoms in total. The van der Waals surface area contributed by atoms with Gasteiger partial charge in [-0.1, -0.05) is 0 Å². The summed E-state index contributed by atoms with van der Waals surface area (Å²) in [6, 6.07) is 0. The molecule has 0 aromatic carbocycles. The first-order valence-electron chi connectivity index (χ1n) is 5.97. The van der Waals surface area contributed by atoms with Crippen LogP contribution < -0.4 is 0 Å². The average Bonchev–Trinajstić information content (AvgIpc) is 2.60.